The van der Waals surface area contributed by atoms with Crippen molar-refractivity contribution in [1.82, 2.24) is 19.9 Å². The monoisotopic (exact) mass is 795 g/mol. The predicted molar refractivity (Wildman–Crippen MR) is 243 cm³/mol. The Labute approximate surface area is 350 Å². The number of hydrogen-bond acceptors (Lipinski definition) is 7. The average molecular weight is 796 g/mol. The van der Waals surface area contributed by atoms with Crippen molar-refractivity contribution >= 4 is 51.8 Å². The van der Waals surface area contributed by atoms with Crippen molar-refractivity contribution in [3.05, 3.63) is 174 Å². The van der Waals surface area contributed by atoms with Crippen LogP contribution in [0, 0.1) is 0 Å². The molecule has 0 atom stereocenters. The molecule has 4 N–H and O–H groups in total. The number of H-pyrrole nitrogens is 2. The van der Waals surface area contributed by atoms with Crippen molar-refractivity contribution in [2.45, 2.75) is 0 Å². The molecule has 0 spiro atoms. The number of carbonyl (C=O) groups is 2. The maximum Gasteiger partial charge on any atom is 0.340 e. The van der Waals surface area contributed by atoms with Gasteiger partial charge >= 0.3 is 11.9 Å². The second-order valence-electron chi connectivity index (χ2n) is 14.7. The standard InChI is InChI=1S/C52H37N5O4/c1-60-51(58)35-29-34-46(48(53)47(35)52(59)61-2)50-45(33-21-13-6-14-22-33)41-28-26-39(56-41)43(31-17-9-4-10-18-31)37-24-23-36(54-37)42(30-15-7-3-8-16-30)38-25-27-40(55-38)44(49(34)57-50)32-19-11-5-12-20-32/h3-29,55-56H,53H2,1-2H3. The highest BCUT2D eigenvalue weighted by atomic mass is 16.5. The van der Waals surface area contributed by atoms with Gasteiger partial charge in [-0.15, -0.1) is 0 Å². The van der Waals surface area contributed by atoms with Gasteiger partial charge in [0.2, 0.25) is 0 Å². The molecule has 9 nitrogen and oxygen atoms in total. The first-order valence-electron chi connectivity index (χ1n) is 19.8. The summed E-state index contributed by atoms with van der Waals surface area (Å²) in [6.07, 6.45) is 4.14. The Morgan fingerprint density at radius 3 is 1.30 bits per heavy atom. The first-order chi connectivity index (χ1) is 29.9. The lowest BCUT2D eigenvalue weighted by Gasteiger charge is -2.16. The van der Waals surface area contributed by atoms with Gasteiger partial charge in [-0.25, -0.2) is 19.6 Å². The Kier molecular flexibility index (Phi) is 9.18. The average Bonchev–Trinajstić information content (AvgIpc) is 4.14. The molecule has 0 radical (unpaired) electrons. The highest BCUT2D eigenvalue weighted by Gasteiger charge is 2.34. The second-order valence-corrected chi connectivity index (χ2v) is 14.7. The van der Waals surface area contributed by atoms with Crippen LogP contribution in [-0.2, 0) is 9.47 Å². The number of methoxy groups -OCH3 is 2. The van der Waals surface area contributed by atoms with Crippen LogP contribution in [0.5, 0.6) is 0 Å². The number of aromatic amines is 2. The fourth-order valence-electron chi connectivity index (χ4n) is 8.49. The van der Waals surface area contributed by atoms with Crippen LogP contribution < -0.4 is 5.73 Å². The molecule has 0 aliphatic carbocycles. The minimum Gasteiger partial charge on any atom is -0.465 e. The molecule has 294 valence electrons. The molecule has 10 rings (SSSR count). The van der Waals surface area contributed by atoms with Gasteiger partial charge in [-0.3, -0.25) is 0 Å². The molecule has 0 saturated carbocycles. The number of nitrogen functional groups attached to an aromatic ring is 1. The van der Waals surface area contributed by atoms with Gasteiger partial charge < -0.3 is 25.2 Å². The number of hydrogen-bond donors (Lipinski definition) is 3. The number of fused-ring (bicyclic) bond motifs is 11. The Morgan fingerprint density at radius 1 is 0.475 bits per heavy atom. The number of aromatic nitrogens is 4. The number of nitrogens with two attached hydrogens (primary N) is 1. The Bertz CT molecular complexity index is 3250. The number of nitrogens with zero attached hydrogens (tertiary/aromatic N) is 2. The summed E-state index contributed by atoms with van der Waals surface area (Å²) in [4.78, 5) is 45.7. The van der Waals surface area contributed by atoms with Crippen LogP contribution in [0.15, 0.2) is 152 Å². The van der Waals surface area contributed by atoms with E-state index in [2.05, 4.69) is 58.5 Å². The molecule has 2 aliphatic heterocycles. The van der Waals surface area contributed by atoms with Crippen LogP contribution in [0.2, 0.25) is 0 Å². The van der Waals surface area contributed by atoms with Crippen molar-refractivity contribution in [1.29, 1.82) is 0 Å². The first kappa shape index (κ1) is 37.0. The van der Waals surface area contributed by atoms with E-state index in [9.17, 15) is 9.59 Å². The molecule has 8 aromatic rings. The number of nitrogens with one attached hydrogen (secondary N) is 2. The highest BCUT2D eigenvalue weighted by molar-refractivity contribution is 6.16. The summed E-state index contributed by atoms with van der Waals surface area (Å²) in [5.74, 6) is -1.51. The normalized spacial score (nSPS) is 11.6. The van der Waals surface area contributed by atoms with Crippen molar-refractivity contribution in [2.24, 2.45) is 0 Å². The molecule has 0 fully saturated rings. The number of rotatable bonds is 6. The molecule has 0 amide bonds. The number of anilines is 1. The van der Waals surface area contributed by atoms with Crippen LogP contribution in [-0.4, -0.2) is 46.1 Å². The van der Waals surface area contributed by atoms with Crippen molar-refractivity contribution in [3.8, 4) is 67.0 Å². The van der Waals surface area contributed by atoms with Crippen LogP contribution in [0.25, 0.3) is 101 Å². The lowest BCUT2D eigenvalue weighted by atomic mass is 9.89. The molecule has 61 heavy (non-hydrogen) atoms. The number of esters is 2. The maximum atomic E-state index is 13.6. The van der Waals surface area contributed by atoms with E-state index >= 15 is 0 Å². The SMILES string of the molecule is COC(=O)c1cc2c(c(N)c1C(=O)OC)-c1nc-2c(-c2ccccc2)c2ccc([nH]2)c(-c2ccccc2)c2nc(c(-c3ccccc3)c3ccc([nH]3)c1-c1ccccc1)C=C2. The van der Waals surface area contributed by atoms with Crippen LogP contribution >= 0.6 is 0 Å². The first-order valence-corrected chi connectivity index (χ1v) is 19.8. The molecular formula is C52H37N5O4. The zero-order chi connectivity index (χ0) is 41.6. The summed E-state index contributed by atoms with van der Waals surface area (Å²) >= 11 is 0. The van der Waals surface area contributed by atoms with E-state index in [0.717, 1.165) is 78.0 Å². The van der Waals surface area contributed by atoms with E-state index in [1.807, 2.05) is 109 Å². The third kappa shape index (κ3) is 6.27. The van der Waals surface area contributed by atoms with Crippen LogP contribution in [0.3, 0.4) is 0 Å². The van der Waals surface area contributed by atoms with E-state index < -0.39 is 11.9 Å². The third-order valence-corrected chi connectivity index (χ3v) is 11.2. The van der Waals surface area contributed by atoms with Gasteiger partial charge in [-0.2, -0.15) is 0 Å². The van der Waals surface area contributed by atoms with Crippen molar-refractivity contribution < 1.29 is 19.1 Å². The molecule has 0 saturated heterocycles. The fourth-order valence-corrected chi connectivity index (χ4v) is 8.49. The Balaban J connectivity index is 1.48. The van der Waals surface area contributed by atoms with Crippen LogP contribution in [0.1, 0.15) is 32.1 Å². The quantitative estimate of drug-likeness (QED) is 0.113. The third-order valence-electron chi connectivity index (χ3n) is 11.2. The highest BCUT2D eigenvalue weighted by Crippen LogP contribution is 2.50. The zero-order valence-corrected chi connectivity index (χ0v) is 33.2. The van der Waals surface area contributed by atoms with Gasteiger partial charge in [0.1, 0.15) is 0 Å². The van der Waals surface area contributed by atoms with Crippen LogP contribution in [0.4, 0.5) is 5.69 Å². The lowest BCUT2D eigenvalue weighted by Crippen LogP contribution is -2.15. The van der Waals surface area contributed by atoms with E-state index in [1.54, 1.807) is 6.07 Å². The number of benzene rings is 5. The maximum absolute atomic E-state index is 13.6. The molecular weight excluding hydrogens is 759 g/mol. The van der Waals surface area contributed by atoms with Crippen molar-refractivity contribution in [2.75, 3.05) is 20.0 Å². The summed E-state index contributed by atoms with van der Waals surface area (Å²) in [5.41, 5.74) is 20.9. The minimum absolute atomic E-state index is 0.0342. The van der Waals surface area contributed by atoms with E-state index in [4.69, 9.17) is 25.2 Å². The molecule has 3 aromatic heterocycles. The second kappa shape index (κ2) is 15.1. The topological polar surface area (TPSA) is 136 Å². The van der Waals surface area contributed by atoms with Gasteiger partial charge in [0.05, 0.1) is 53.8 Å². The zero-order valence-electron chi connectivity index (χ0n) is 33.2. The molecule has 9 heteroatoms. The van der Waals surface area contributed by atoms with E-state index in [-0.39, 0.29) is 16.8 Å². The summed E-state index contributed by atoms with van der Waals surface area (Å²) in [7, 11) is 2.53. The summed E-state index contributed by atoms with van der Waals surface area (Å²) in [6, 6.07) is 50.1. The van der Waals surface area contributed by atoms with Gasteiger partial charge in [0.15, 0.2) is 0 Å². The number of carbonyl (C=O) groups excluding carboxylic acids is 2. The Hall–Kier alpha value is -8.30. The smallest absolute Gasteiger partial charge is 0.340 e. The van der Waals surface area contributed by atoms with Gasteiger partial charge in [-0.05, 0) is 64.7 Å². The van der Waals surface area contributed by atoms with E-state index in [1.165, 1.54) is 14.2 Å². The Morgan fingerprint density at radius 2 is 0.869 bits per heavy atom. The lowest BCUT2D eigenvalue weighted by molar-refractivity contribution is 0.0556. The summed E-state index contributed by atoms with van der Waals surface area (Å²) in [5, 5.41) is 0. The molecule has 2 aliphatic rings. The van der Waals surface area contributed by atoms with Gasteiger partial charge in [0.25, 0.3) is 0 Å². The summed E-state index contributed by atoms with van der Waals surface area (Å²) < 4.78 is 10.5. The predicted octanol–water partition coefficient (Wildman–Crippen LogP) is 11.6. The van der Waals surface area contributed by atoms with Gasteiger partial charge in [0, 0.05) is 55.4 Å². The largest absolute Gasteiger partial charge is 0.465 e. The molecule has 5 aromatic carbocycles. The molecule has 8 bridgehead atoms. The number of ether oxygens (including phenoxy) is 2. The van der Waals surface area contributed by atoms with Crippen molar-refractivity contribution in [3.63, 3.8) is 0 Å². The molecule has 5 heterocycles. The summed E-state index contributed by atoms with van der Waals surface area (Å²) in [6.45, 7) is 0. The molecule has 0 unspecified atom stereocenters. The minimum atomic E-state index is -0.774. The van der Waals surface area contributed by atoms with E-state index in [0.29, 0.717) is 22.5 Å². The fraction of sp³-hybridized carbons (Fsp3) is 0.0385. The van der Waals surface area contributed by atoms with Gasteiger partial charge in [-0.1, -0.05) is 121 Å².